The maximum atomic E-state index is 11.1. The minimum absolute atomic E-state index is 0.380. The molecule has 0 saturated carbocycles. The first-order valence-corrected chi connectivity index (χ1v) is 5.87. The molecule has 6 heteroatoms. The Morgan fingerprint density at radius 1 is 1.25 bits per heavy atom. The highest BCUT2D eigenvalue weighted by Gasteiger charge is 2.04. The van der Waals surface area contributed by atoms with E-state index in [2.05, 4.69) is 26.3 Å². The third-order valence-corrected chi connectivity index (χ3v) is 2.80. The Morgan fingerprint density at radius 2 is 2.15 bits per heavy atom. The fourth-order valence-electron chi connectivity index (χ4n) is 1.87. The number of benzene rings is 1. The van der Waals surface area contributed by atoms with Crippen LogP contribution in [0.5, 0.6) is 0 Å². The molecule has 0 spiro atoms. The van der Waals surface area contributed by atoms with Crippen LogP contribution in [0, 0.1) is 11.3 Å². The number of aromatic amines is 1. The molecule has 2 N–H and O–H groups in total. The Morgan fingerprint density at radius 3 is 3.00 bits per heavy atom. The van der Waals surface area contributed by atoms with Crippen molar-refractivity contribution < 1.29 is 0 Å². The fourth-order valence-corrected chi connectivity index (χ4v) is 1.87. The maximum Gasteiger partial charge on any atom is 0.345 e. The molecular weight excluding hydrogens is 254 g/mol. The summed E-state index contributed by atoms with van der Waals surface area (Å²) >= 11 is 0. The molecule has 0 aliphatic rings. The zero-order valence-corrected chi connectivity index (χ0v) is 10.3. The molecule has 0 radical (unpaired) electrons. The number of nitrogens with zero attached hydrogens (tertiary/aromatic N) is 3. The van der Waals surface area contributed by atoms with Gasteiger partial charge in [0, 0.05) is 23.5 Å². The molecule has 0 aliphatic heterocycles. The Bertz CT molecular complexity index is 878. The van der Waals surface area contributed by atoms with Crippen molar-refractivity contribution in [3.63, 3.8) is 0 Å². The van der Waals surface area contributed by atoms with E-state index in [9.17, 15) is 4.79 Å². The van der Waals surface area contributed by atoms with Gasteiger partial charge in [0.2, 0.25) is 0 Å². The summed E-state index contributed by atoms with van der Waals surface area (Å²) in [5.74, 6) is 0.492. The normalized spacial score (nSPS) is 10.2. The molecule has 0 saturated heterocycles. The summed E-state index contributed by atoms with van der Waals surface area (Å²) < 4.78 is 0. The number of aromatic nitrogens is 3. The van der Waals surface area contributed by atoms with E-state index in [1.807, 2.05) is 6.07 Å². The van der Waals surface area contributed by atoms with Crippen molar-refractivity contribution in [1.29, 1.82) is 5.26 Å². The summed E-state index contributed by atoms with van der Waals surface area (Å²) in [4.78, 5) is 21.6. The molecule has 1 aromatic carbocycles. The highest BCUT2D eigenvalue weighted by atomic mass is 16.1. The molecule has 3 aromatic rings. The van der Waals surface area contributed by atoms with Gasteiger partial charge in [0.15, 0.2) is 0 Å². The van der Waals surface area contributed by atoms with Crippen molar-refractivity contribution in [2.24, 2.45) is 0 Å². The van der Waals surface area contributed by atoms with Crippen LogP contribution in [0.3, 0.4) is 0 Å². The van der Waals surface area contributed by atoms with Crippen molar-refractivity contribution in [3.05, 3.63) is 58.8 Å². The van der Waals surface area contributed by atoms with Gasteiger partial charge in [0.05, 0.1) is 11.1 Å². The lowest BCUT2D eigenvalue weighted by molar-refractivity contribution is 1.12. The third-order valence-electron chi connectivity index (χ3n) is 2.80. The standard InChI is InChI=1S/C14H9N5O/c15-7-9-2-1-5-16-13(9)18-11-3-4-12-10(6-11)8-17-14(20)19-12/h1-6,8H,(H,16,18)(H,17,19,20). The van der Waals surface area contributed by atoms with Gasteiger partial charge in [0.25, 0.3) is 0 Å². The number of anilines is 2. The van der Waals surface area contributed by atoms with E-state index in [0.717, 1.165) is 11.1 Å². The predicted octanol–water partition coefficient (Wildman–Crippen LogP) is 1.93. The summed E-state index contributed by atoms with van der Waals surface area (Å²) in [6, 6.07) is 10.9. The molecule has 96 valence electrons. The molecular formula is C14H9N5O. The van der Waals surface area contributed by atoms with Gasteiger partial charge < -0.3 is 10.3 Å². The maximum absolute atomic E-state index is 11.1. The fraction of sp³-hybridized carbons (Fsp3) is 0. The second-order valence-corrected chi connectivity index (χ2v) is 4.13. The Labute approximate surface area is 113 Å². The summed E-state index contributed by atoms with van der Waals surface area (Å²) in [7, 11) is 0. The molecule has 0 bridgehead atoms. The van der Waals surface area contributed by atoms with E-state index in [1.54, 1.807) is 30.5 Å². The summed E-state index contributed by atoms with van der Waals surface area (Å²) in [5.41, 5.74) is 1.56. The number of H-pyrrole nitrogens is 1. The first-order valence-electron chi connectivity index (χ1n) is 5.87. The zero-order chi connectivity index (χ0) is 13.9. The Kier molecular flexibility index (Phi) is 2.86. The molecule has 3 rings (SSSR count). The van der Waals surface area contributed by atoms with E-state index in [1.165, 1.54) is 6.20 Å². The predicted molar refractivity (Wildman–Crippen MR) is 74.6 cm³/mol. The molecule has 0 fully saturated rings. The van der Waals surface area contributed by atoms with Crippen molar-refractivity contribution in [2.75, 3.05) is 5.32 Å². The van der Waals surface area contributed by atoms with Gasteiger partial charge in [-0.25, -0.2) is 14.8 Å². The van der Waals surface area contributed by atoms with Crippen molar-refractivity contribution in [1.82, 2.24) is 15.0 Å². The molecule has 6 nitrogen and oxygen atoms in total. The minimum Gasteiger partial charge on any atom is -0.339 e. The van der Waals surface area contributed by atoms with E-state index in [0.29, 0.717) is 16.9 Å². The van der Waals surface area contributed by atoms with Crippen LogP contribution in [0.25, 0.3) is 10.9 Å². The summed E-state index contributed by atoms with van der Waals surface area (Å²) in [6.45, 7) is 0. The van der Waals surface area contributed by atoms with Crippen LogP contribution in [0.4, 0.5) is 11.5 Å². The lowest BCUT2D eigenvalue weighted by atomic mass is 10.2. The van der Waals surface area contributed by atoms with Gasteiger partial charge in [-0.2, -0.15) is 5.26 Å². The first kappa shape index (κ1) is 11.9. The van der Waals surface area contributed by atoms with Gasteiger partial charge in [0.1, 0.15) is 11.9 Å². The van der Waals surface area contributed by atoms with Gasteiger partial charge in [-0.15, -0.1) is 0 Å². The lowest BCUT2D eigenvalue weighted by Crippen LogP contribution is -2.08. The van der Waals surface area contributed by atoms with E-state index >= 15 is 0 Å². The van der Waals surface area contributed by atoms with Crippen LogP contribution >= 0.6 is 0 Å². The average molecular weight is 263 g/mol. The lowest BCUT2D eigenvalue weighted by Gasteiger charge is -2.07. The van der Waals surface area contributed by atoms with Gasteiger partial charge >= 0.3 is 5.69 Å². The topological polar surface area (TPSA) is 94.5 Å². The Hall–Kier alpha value is -3.20. The minimum atomic E-state index is -0.380. The highest BCUT2D eigenvalue weighted by molar-refractivity contribution is 5.82. The Balaban J connectivity index is 2.01. The number of rotatable bonds is 2. The largest absolute Gasteiger partial charge is 0.345 e. The second-order valence-electron chi connectivity index (χ2n) is 4.13. The van der Waals surface area contributed by atoms with Crippen LogP contribution in [0.1, 0.15) is 5.56 Å². The highest BCUT2D eigenvalue weighted by Crippen LogP contribution is 2.20. The smallest absolute Gasteiger partial charge is 0.339 e. The zero-order valence-electron chi connectivity index (χ0n) is 10.3. The summed E-state index contributed by atoms with van der Waals surface area (Å²) in [6.07, 6.45) is 3.12. The monoisotopic (exact) mass is 263 g/mol. The van der Waals surface area contributed by atoms with Crippen LogP contribution in [-0.2, 0) is 0 Å². The van der Waals surface area contributed by atoms with Gasteiger partial charge in [-0.1, -0.05) is 0 Å². The van der Waals surface area contributed by atoms with E-state index in [-0.39, 0.29) is 5.69 Å². The number of hydrogen-bond acceptors (Lipinski definition) is 5. The SMILES string of the molecule is N#Cc1cccnc1Nc1ccc2[nH]c(=O)ncc2c1. The van der Waals surface area contributed by atoms with Gasteiger partial charge in [-0.3, -0.25) is 0 Å². The van der Waals surface area contributed by atoms with Crippen molar-refractivity contribution >= 4 is 22.4 Å². The van der Waals surface area contributed by atoms with Crippen LogP contribution < -0.4 is 11.0 Å². The number of nitrogens with one attached hydrogen (secondary N) is 2. The first-order chi connectivity index (χ1) is 9.76. The number of fused-ring (bicyclic) bond motifs is 1. The van der Waals surface area contributed by atoms with Crippen LogP contribution in [0.15, 0.2) is 47.5 Å². The molecule has 0 atom stereocenters. The molecule has 20 heavy (non-hydrogen) atoms. The number of pyridine rings is 1. The second kappa shape index (κ2) is 4.82. The molecule has 2 aromatic heterocycles. The summed E-state index contributed by atoms with van der Waals surface area (Å²) in [5, 5.41) is 12.9. The van der Waals surface area contributed by atoms with E-state index in [4.69, 9.17) is 5.26 Å². The van der Waals surface area contributed by atoms with Crippen molar-refractivity contribution in [3.8, 4) is 6.07 Å². The molecule has 0 unspecified atom stereocenters. The number of nitriles is 1. The van der Waals surface area contributed by atoms with Crippen molar-refractivity contribution in [2.45, 2.75) is 0 Å². The average Bonchev–Trinajstić information content (AvgIpc) is 2.48. The molecule has 0 amide bonds. The van der Waals surface area contributed by atoms with E-state index < -0.39 is 0 Å². The van der Waals surface area contributed by atoms with Crippen LogP contribution in [-0.4, -0.2) is 15.0 Å². The number of hydrogen-bond donors (Lipinski definition) is 2. The quantitative estimate of drug-likeness (QED) is 0.736. The third kappa shape index (κ3) is 2.20. The molecule has 2 heterocycles. The van der Waals surface area contributed by atoms with Crippen LogP contribution in [0.2, 0.25) is 0 Å². The van der Waals surface area contributed by atoms with Gasteiger partial charge in [-0.05, 0) is 30.3 Å². The molecule has 0 aliphatic carbocycles.